The van der Waals surface area contributed by atoms with Gasteiger partial charge >= 0.3 is 0 Å². The first-order chi connectivity index (χ1) is 14.6. The Morgan fingerprint density at radius 3 is 2.68 bits per heavy atom. The van der Waals surface area contributed by atoms with E-state index >= 15 is 0 Å². The summed E-state index contributed by atoms with van der Waals surface area (Å²) < 4.78 is 19.0. The second-order valence-electron chi connectivity index (χ2n) is 6.87. The SMILES string of the molecule is CN=C(NCCNC(=O)c1ccc(OC)cc1)NC1CCN(c2ncccc2F)C1.I. The maximum Gasteiger partial charge on any atom is 0.251 e. The molecule has 31 heavy (non-hydrogen) atoms. The molecular weight excluding hydrogens is 514 g/mol. The van der Waals surface area contributed by atoms with Crippen molar-refractivity contribution in [2.24, 2.45) is 4.99 Å². The molecular formula is C21H28FIN6O2. The van der Waals surface area contributed by atoms with Crippen LogP contribution in [0.5, 0.6) is 5.75 Å². The zero-order valence-corrected chi connectivity index (χ0v) is 19.9. The van der Waals surface area contributed by atoms with Gasteiger partial charge in [0.1, 0.15) is 5.75 Å². The molecule has 3 N–H and O–H groups in total. The van der Waals surface area contributed by atoms with E-state index in [4.69, 9.17) is 4.74 Å². The van der Waals surface area contributed by atoms with Crippen LogP contribution < -0.4 is 25.6 Å². The molecule has 1 atom stereocenters. The molecule has 0 spiro atoms. The van der Waals surface area contributed by atoms with E-state index in [1.54, 1.807) is 50.7 Å². The molecule has 1 amide bonds. The molecule has 1 saturated heterocycles. The normalized spacial score (nSPS) is 15.8. The quantitative estimate of drug-likeness (QED) is 0.215. The van der Waals surface area contributed by atoms with Crippen molar-refractivity contribution in [2.45, 2.75) is 12.5 Å². The van der Waals surface area contributed by atoms with Gasteiger partial charge in [0.05, 0.1) is 7.11 Å². The van der Waals surface area contributed by atoms with Gasteiger partial charge in [-0.3, -0.25) is 9.79 Å². The number of carbonyl (C=O) groups excluding carboxylic acids is 1. The summed E-state index contributed by atoms with van der Waals surface area (Å²) in [4.78, 5) is 22.5. The van der Waals surface area contributed by atoms with E-state index < -0.39 is 0 Å². The number of aromatic nitrogens is 1. The Bertz CT molecular complexity index is 880. The zero-order valence-electron chi connectivity index (χ0n) is 17.6. The average Bonchev–Trinajstić information content (AvgIpc) is 3.24. The van der Waals surface area contributed by atoms with E-state index in [0.717, 1.165) is 13.0 Å². The molecule has 0 radical (unpaired) electrons. The molecule has 0 saturated carbocycles. The lowest BCUT2D eigenvalue weighted by atomic mass is 10.2. The number of hydrogen-bond acceptors (Lipinski definition) is 5. The van der Waals surface area contributed by atoms with Gasteiger partial charge in [0.15, 0.2) is 17.6 Å². The number of hydrogen-bond donors (Lipinski definition) is 3. The Balaban J connectivity index is 0.00000341. The third kappa shape index (κ3) is 6.94. The summed E-state index contributed by atoms with van der Waals surface area (Å²) in [6, 6.07) is 10.1. The van der Waals surface area contributed by atoms with Crippen LogP contribution in [0.25, 0.3) is 0 Å². The number of nitrogens with one attached hydrogen (secondary N) is 3. The number of ether oxygens (including phenoxy) is 1. The minimum atomic E-state index is -0.312. The van der Waals surface area contributed by atoms with E-state index in [0.29, 0.717) is 42.7 Å². The van der Waals surface area contributed by atoms with Gasteiger partial charge in [0, 0.05) is 51.0 Å². The third-order valence-corrected chi connectivity index (χ3v) is 4.85. The van der Waals surface area contributed by atoms with Crippen molar-refractivity contribution >= 4 is 41.7 Å². The molecule has 1 unspecified atom stereocenters. The molecule has 0 aliphatic carbocycles. The highest BCUT2D eigenvalue weighted by molar-refractivity contribution is 14.0. The molecule has 1 aromatic carbocycles. The molecule has 1 aliphatic heterocycles. The lowest BCUT2D eigenvalue weighted by Crippen LogP contribution is -2.46. The van der Waals surface area contributed by atoms with Gasteiger partial charge in [0.25, 0.3) is 5.91 Å². The van der Waals surface area contributed by atoms with Crippen molar-refractivity contribution in [1.82, 2.24) is 20.9 Å². The third-order valence-electron chi connectivity index (χ3n) is 4.85. The maximum absolute atomic E-state index is 13.9. The number of benzene rings is 1. The first-order valence-electron chi connectivity index (χ1n) is 9.85. The van der Waals surface area contributed by atoms with Gasteiger partial charge in [-0.05, 0) is 42.8 Å². The zero-order chi connectivity index (χ0) is 21.3. The summed E-state index contributed by atoms with van der Waals surface area (Å²) in [6.45, 7) is 2.33. The largest absolute Gasteiger partial charge is 0.497 e. The number of carbonyl (C=O) groups is 1. The fourth-order valence-electron chi connectivity index (χ4n) is 3.27. The Morgan fingerprint density at radius 2 is 2.00 bits per heavy atom. The number of anilines is 1. The van der Waals surface area contributed by atoms with Gasteiger partial charge < -0.3 is 25.6 Å². The molecule has 1 aliphatic rings. The number of methoxy groups -OCH3 is 1. The van der Waals surface area contributed by atoms with Crippen LogP contribution in [0.4, 0.5) is 10.2 Å². The van der Waals surface area contributed by atoms with Crippen LogP contribution >= 0.6 is 24.0 Å². The van der Waals surface area contributed by atoms with E-state index in [2.05, 4.69) is 25.9 Å². The minimum absolute atomic E-state index is 0. The second kappa shape index (κ2) is 12.3. The van der Waals surface area contributed by atoms with E-state index in [1.165, 1.54) is 6.07 Å². The highest BCUT2D eigenvalue weighted by Crippen LogP contribution is 2.20. The Morgan fingerprint density at radius 1 is 1.26 bits per heavy atom. The fourth-order valence-corrected chi connectivity index (χ4v) is 3.27. The average molecular weight is 542 g/mol. The van der Waals surface area contributed by atoms with Crippen molar-refractivity contribution in [1.29, 1.82) is 0 Å². The number of rotatable bonds is 7. The number of aliphatic imine (C=N–C) groups is 1. The number of guanidine groups is 1. The molecule has 10 heteroatoms. The first-order valence-corrected chi connectivity index (χ1v) is 9.85. The minimum Gasteiger partial charge on any atom is -0.497 e. The highest BCUT2D eigenvalue weighted by Gasteiger charge is 2.25. The summed E-state index contributed by atoms with van der Waals surface area (Å²) in [5.74, 6) is 1.27. The van der Waals surface area contributed by atoms with Crippen LogP contribution in [-0.2, 0) is 0 Å². The number of amides is 1. The molecule has 1 fully saturated rings. The molecule has 1 aromatic heterocycles. The fraction of sp³-hybridized carbons (Fsp3) is 0.381. The topological polar surface area (TPSA) is 90.9 Å². The summed E-state index contributed by atoms with van der Waals surface area (Å²) in [6.07, 6.45) is 2.45. The monoisotopic (exact) mass is 542 g/mol. The second-order valence-corrected chi connectivity index (χ2v) is 6.87. The van der Waals surface area contributed by atoms with Crippen LogP contribution in [-0.4, -0.2) is 63.2 Å². The van der Waals surface area contributed by atoms with Gasteiger partial charge in [-0.1, -0.05) is 0 Å². The van der Waals surface area contributed by atoms with Gasteiger partial charge in [-0.15, -0.1) is 24.0 Å². The standard InChI is InChI=1S/C21H27FN6O2.HI/c1-23-21(26-12-11-25-20(29)15-5-7-17(30-2)8-6-15)27-16-9-13-28(14-16)19-18(22)4-3-10-24-19;/h3-8,10,16H,9,11-14H2,1-2H3,(H,25,29)(H2,23,26,27);1H. The smallest absolute Gasteiger partial charge is 0.251 e. The Kier molecular flexibility index (Phi) is 9.76. The summed E-state index contributed by atoms with van der Waals surface area (Å²) >= 11 is 0. The van der Waals surface area contributed by atoms with Gasteiger partial charge in [-0.2, -0.15) is 0 Å². The van der Waals surface area contributed by atoms with E-state index in [1.807, 2.05) is 4.90 Å². The van der Waals surface area contributed by atoms with Crippen molar-refractivity contribution in [2.75, 3.05) is 45.2 Å². The molecule has 3 rings (SSSR count). The van der Waals surface area contributed by atoms with Gasteiger partial charge in [-0.25, -0.2) is 9.37 Å². The molecule has 8 nitrogen and oxygen atoms in total. The van der Waals surface area contributed by atoms with Crippen molar-refractivity contribution < 1.29 is 13.9 Å². The Hall–Kier alpha value is -2.63. The van der Waals surface area contributed by atoms with E-state index in [9.17, 15) is 9.18 Å². The Labute approximate surface area is 198 Å². The van der Waals surface area contributed by atoms with Crippen LogP contribution in [0.2, 0.25) is 0 Å². The summed E-state index contributed by atoms with van der Waals surface area (Å²) in [5, 5.41) is 9.38. The first kappa shape index (κ1) is 24.6. The molecule has 2 aromatic rings. The summed E-state index contributed by atoms with van der Waals surface area (Å²) in [5.41, 5.74) is 0.575. The summed E-state index contributed by atoms with van der Waals surface area (Å²) in [7, 11) is 3.28. The molecule has 168 valence electrons. The lowest BCUT2D eigenvalue weighted by Gasteiger charge is -2.20. The molecule has 0 bridgehead atoms. The van der Waals surface area contributed by atoms with E-state index in [-0.39, 0.29) is 41.7 Å². The number of nitrogens with zero attached hydrogens (tertiary/aromatic N) is 3. The number of pyridine rings is 1. The van der Waals surface area contributed by atoms with Gasteiger partial charge in [0.2, 0.25) is 0 Å². The van der Waals surface area contributed by atoms with Crippen molar-refractivity contribution in [3.63, 3.8) is 0 Å². The lowest BCUT2D eigenvalue weighted by molar-refractivity contribution is 0.0954. The van der Waals surface area contributed by atoms with Crippen LogP contribution in [0.15, 0.2) is 47.6 Å². The van der Waals surface area contributed by atoms with Crippen LogP contribution in [0.3, 0.4) is 0 Å². The van der Waals surface area contributed by atoms with Crippen LogP contribution in [0.1, 0.15) is 16.8 Å². The number of halogens is 2. The van der Waals surface area contributed by atoms with Crippen molar-refractivity contribution in [3.05, 3.63) is 54.0 Å². The van der Waals surface area contributed by atoms with Crippen LogP contribution in [0, 0.1) is 5.82 Å². The maximum atomic E-state index is 13.9. The predicted molar refractivity (Wildman–Crippen MR) is 130 cm³/mol. The van der Waals surface area contributed by atoms with Crippen molar-refractivity contribution in [3.8, 4) is 5.75 Å². The molecule has 2 heterocycles. The highest BCUT2D eigenvalue weighted by atomic mass is 127. The predicted octanol–water partition coefficient (Wildman–Crippen LogP) is 2.02.